The van der Waals surface area contributed by atoms with E-state index in [0.717, 1.165) is 30.0 Å². The van der Waals surface area contributed by atoms with Gasteiger partial charge in [0.1, 0.15) is 0 Å². The van der Waals surface area contributed by atoms with E-state index in [-0.39, 0.29) is 0 Å². The van der Waals surface area contributed by atoms with Crippen molar-refractivity contribution in [3.63, 3.8) is 0 Å². The highest BCUT2D eigenvalue weighted by molar-refractivity contribution is 4.92. The molecule has 5 aliphatic rings. The van der Waals surface area contributed by atoms with Crippen molar-refractivity contribution in [2.24, 2.45) is 11.8 Å². The second-order valence-corrected chi connectivity index (χ2v) is 14.4. The standard InChI is InChI=1S/C10H20N2.C8H18N2.C8H17NO.C7H15N/c1-8(2)12-6-9-4-11(3)5-10(9)7-12;1-8(2)10-6-4-9(3)5-7-10;1-7(2)9-5-3-4-8(9)6-10;1-7(2)8-5-3-4-6-8/h8-10H,4-7H2,1-3H3;8H,4-7H2,1-3H3;7-8,10H,3-6H2,1-2H3;7H,3-6H2,1-2H3. The molecule has 3 atom stereocenters. The van der Waals surface area contributed by atoms with Crippen LogP contribution in [0.4, 0.5) is 0 Å². The van der Waals surface area contributed by atoms with E-state index >= 15 is 0 Å². The van der Waals surface area contributed by atoms with E-state index in [1.807, 2.05) is 0 Å². The molecule has 0 aliphatic carbocycles. The molecule has 5 fully saturated rings. The Kier molecular flexibility index (Phi) is 16.5. The summed E-state index contributed by atoms with van der Waals surface area (Å²) in [5, 5.41) is 8.94. The first-order valence-corrected chi connectivity index (χ1v) is 16.9. The highest BCUT2D eigenvalue weighted by atomic mass is 16.3. The fourth-order valence-electron chi connectivity index (χ4n) is 7.02. The predicted molar refractivity (Wildman–Crippen MR) is 173 cm³/mol. The Morgan fingerprint density at radius 1 is 0.525 bits per heavy atom. The van der Waals surface area contributed by atoms with Gasteiger partial charge in [-0.15, -0.1) is 0 Å². The molecule has 0 aromatic heterocycles. The Morgan fingerprint density at radius 2 is 1.00 bits per heavy atom. The van der Waals surface area contributed by atoms with Gasteiger partial charge in [-0.2, -0.15) is 0 Å². The second kappa shape index (κ2) is 18.4. The van der Waals surface area contributed by atoms with Crippen LogP contribution < -0.4 is 0 Å². The molecular weight excluding hydrogens is 496 g/mol. The van der Waals surface area contributed by atoms with E-state index in [0.29, 0.717) is 18.7 Å². The molecule has 5 saturated heterocycles. The minimum Gasteiger partial charge on any atom is -0.395 e. The molecule has 1 N–H and O–H groups in total. The molecular formula is C33H70N6O. The van der Waals surface area contributed by atoms with E-state index in [2.05, 4.69) is 98.9 Å². The normalized spacial score (nSPS) is 29.0. The number of piperazine rings is 1. The molecule has 40 heavy (non-hydrogen) atoms. The summed E-state index contributed by atoms with van der Waals surface area (Å²) < 4.78 is 0. The molecule has 0 aromatic carbocycles. The van der Waals surface area contributed by atoms with Crippen molar-refractivity contribution in [2.45, 2.75) is 111 Å². The van der Waals surface area contributed by atoms with Crippen LogP contribution in [0.1, 0.15) is 81.1 Å². The van der Waals surface area contributed by atoms with Crippen LogP contribution in [-0.2, 0) is 0 Å². The van der Waals surface area contributed by atoms with Gasteiger partial charge in [0.05, 0.1) is 6.61 Å². The fourth-order valence-corrected chi connectivity index (χ4v) is 7.02. The molecule has 0 saturated carbocycles. The number of hydrogen-bond acceptors (Lipinski definition) is 7. The lowest BCUT2D eigenvalue weighted by Gasteiger charge is -2.34. The highest BCUT2D eigenvalue weighted by Gasteiger charge is 2.39. The molecule has 3 unspecified atom stereocenters. The largest absolute Gasteiger partial charge is 0.395 e. The first-order valence-electron chi connectivity index (χ1n) is 16.9. The molecule has 7 nitrogen and oxygen atoms in total. The smallest absolute Gasteiger partial charge is 0.0586 e. The van der Waals surface area contributed by atoms with Gasteiger partial charge in [-0.1, -0.05) is 0 Å². The number of hydrogen-bond donors (Lipinski definition) is 1. The molecule has 5 rings (SSSR count). The van der Waals surface area contributed by atoms with Crippen LogP contribution in [0.25, 0.3) is 0 Å². The van der Waals surface area contributed by atoms with Crippen LogP contribution in [0.3, 0.4) is 0 Å². The van der Waals surface area contributed by atoms with Crippen LogP contribution in [0, 0.1) is 11.8 Å². The number of likely N-dealkylation sites (N-methyl/N-ethyl adjacent to an activating group) is 1. The second-order valence-electron chi connectivity index (χ2n) is 14.4. The van der Waals surface area contributed by atoms with E-state index in [1.54, 1.807) is 0 Å². The van der Waals surface area contributed by atoms with Gasteiger partial charge < -0.3 is 24.7 Å². The lowest BCUT2D eigenvalue weighted by Crippen LogP contribution is -2.47. The van der Waals surface area contributed by atoms with E-state index < -0.39 is 0 Å². The molecule has 0 spiro atoms. The van der Waals surface area contributed by atoms with Gasteiger partial charge in [0.15, 0.2) is 0 Å². The van der Waals surface area contributed by atoms with Crippen molar-refractivity contribution in [1.29, 1.82) is 0 Å². The third-order valence-electron chi connectivity index (χ3n) is 9.86. The molecule has 0 radical (unpaired) electrons. The molecule has 0 aromatic rings. The van der Waals surface area contributed by atoms with Gasteiger partial charge in [-0.3, -0.25) is 9.80 Å². The zero-order chi connectivity index (χ0) is 29.8. The summed E-state index contributed by atoms with van der Waals surface area (Å²) in [6, 6.07) is 3.30. The first-order chi connectivity index (χ1) is 18.9. The topological polar surface area (TPSA) is 39.7 Å². The maximum Gasteiger partial charge on any atom is 0.0586 e. The van der Waals surface area contributed by atoms with Crippen LogP contribution in [0.2, 0.25) is 0 Å². The minimum atomic E-state index is 0.332. The summed E-state index contributed by atoms with van der Waals surface area (Å²) in [4.78, 5) is 14.9. The minimum absolute atomic E-state index is 0.332. The third kappa shape index (κ3) is 12.1. The number of rotatable bonds is 5. The quantitative estimate of drug-likeness (QED) is 0.542. The maximum atomic E-state index is 8.94. The zero-order valence-corrected chi connectivity index (χ0v) is 28.5. The average Bonchev–Trinajstić information content (AvgIpc) is 3.69. The molecule has 238 valence electrons. The van der Waals surface area contributed by atoms with Gasteiger partial charge in [-0.25, -0.2) is 0 Å². The number of aliphatic hydroxyl groups excluding tert-OH is 1. The van der Waals surface area contributed by atoms with Gasteiger partial charge in [0.2, 0.25) is 0 Å². The Bertz CT molecular complexity index is 631. The van der Waals surface area contributed by atoms with Crippen molar-refractivity contribution in [3.8, 4) is 0 Å². The van der Waals surface area contributed by atoms with E-state index in [1.165, 1.54) is 97.7 Å². The summed E-state index contributed by atoms with van der Waals surface area (Å²) >= 11 is 0. The van der Waals surface area contributed by atoms with Gasteiger partial charge in [0, 0.05) is 82.6 Å². The van der Waals surface area contributed by atoms with Crippen LogP contribution >= 0.6 is 0 Å². The Morgan fingerprint density at radius 3 is 1.38 bits per heavy atom. The van der Waals surface area contributed by atoms with Crippen molar-refractivity contribution in [3.05, 3.63) is 0 Å². The van der Waals surface area contributed by atoms with Crippen LogP contribution in [0.15, 0.2) is 0 Å². The number of aliphatic hydroxyl groups is 1. The van der Waals surface area contributed by atoms with Gasteiger partial charge in [-0.05, 0) is 127 Å². The Hall–Kier alpha value is -0.280. The third-order valence-corrected chi connectivity index (χ3v) is 9.86. The van der Waals surface area contributed by atoms with Gasteiger partial charge in [0.25, 0.3) is 0 Å². The fraction of sp³-hybridized carbons (Fsp3) is 1.00. The number of nitrogens with zero attached hydrogens (tertiary/aromatic N) is 6. The average molecular weight is 567 g/mol. The summed E-state index contributed by atoms with van der Waals surface area (Å²) in [5.74, 6) is 1.94. The molecule has 7 heteroatoms. The van der Waals surface area contributed by atoms with Crippen LogP contribution in [0.5, 0.6) is 0 Å². The van der Waals surface area contributed by atoms with Crippen molar-refractivity contribution in [2.75, 3.05) is 92.7 Å². The zero-order valence-electron chi connectivity index (χ0n) is 28.5. The van der Waals surface area contributed by atoms with Gasteiger partial charge >= 0.3 is 0 Å². The summed E-state index contributed by atoms with van der Waals surface area (Å²) in [7, 11) is 4.44. The lowest BCUT2D eigenvalue weighted by molar-refractivity contribution is 0.126. The van der Waals surface area contributed by atoms with Crippen LogP contribution in [-0.4, -0.2) is 157 Å². The number of likely N-dealkylation sites (tertiary alicyclic amines) is 4. The summed E-state index contributed by atoms with van der Waals surface area (Å²) in [5.41, 5.74) is 0. The molecule has 0 amide bonds. The Labute approximate surface area is 250 Å². The highest BCUT2D eigenvalue weighted by Crippen LogP contribution is 2.30. The predicted octanol–water partition coefficient (Wildman–Crippen LogP) is 3.87. The molecule has 0 bridgehead atoms. The van der Waals surface area contributed by atoms with E-state index in [9.17, 15) is 0 Å². The van der Waals surface area contributed by atoms with Crippen molar-refractivity contribution in [1.82, 2.24) is 29.4 Å². The lowest BCUT2D eigenvalue weighted by atomic mass is 10.0. The SMILES string of the molecule is CC(C)N1CC2CN(C)CC2C1.CC(C)N1CCCC1.CC(C)N1CCCC1CO.CC(C)N1CCN(C)CC1. The molecule has 5 aliphatic heterocycles. The van der Waals surface area contributed by atoms with E-state index in [4.69, 9.17) is 5.11 Å². The monoisotopic (exact) mass is 567 g/mol. The van der Waals surface area contributed by atoms with Crippen molar-refractivity contribution >= 4 is 0 Å². The summed E-state index contributed by atoms with van der Waals surface area (Å²) in [6.45, 7) is 32.5. The molecule has 5 heterocycles. The maximum absolute atomic E-state index is 8.94. The Balaban J connectivity index is 0.000000189. The summed E-state index contributed by atoms with van der Waals surface area (Å²) in [6.07, 6.45) is 5.26. The van der Waals surface area contributed by atoms with Crippen molar-refractivity contribution < 1.29 is 5.11 Å². The number of fused-ring (bicyclic) bond motifs is 1. The first kappa shape index (κ1) is 35.9.